The zero-order valence-corrected chi connectivity index (χ0v) is 16.0. The zero-order valence-electron chi connectivity index (χ0n) is 16.0. The number of benzene rings is 3. The van der Waals surface area contributed by atoms with Gasteiger partial charge >= 0.3 is 0 Å². The van der Waals surface area contributed by atoms with Crippen LogP contribution in [0.3, 0.4) is 0 Å². The Kier molecular flexibility index (Phi) is 3.84. The second kappa shape index (κ2) is 5.95. The molecule has 0 atom stereocenters. The van der Waals surface area contributed by atoms with E-state index in [1.54, 1.807) is 0 Å². The highest BCUT2D eigenvalue weighted by Crippen LogP contribution is 2.44. The van der Waals surface area contributed by atoms with Crippen molar-refractivity contribution in [1.82, 2.24) is 0 Å². The van der Waals surface area contributed by atoms with Crippen molar-refractivity contribution in [3.63, 3.8) is 0 Å². The first kappa shape index (κ1) is 16.8. The minimum Gasteiger partial charge on any atom is -0.277 e. The third-order valence-corrected chi connectivity index (χ3v) is 5.51. The molecule has 0 saturated carbocycles. The molecule has 3 aromatic rings. The van der Waals surface area contributed by atoms with E-state index < -0.39 is 0 Å². The molecule has 1 nitrogen and oxygen atoms in total. The van der Waals surface area contributed by atoms with Crippen LogP contribution >= 0.6 is 0 Å². The summed E-state index contributed by atoms with van der Waals surface area (Å²) in [6.07, 6.45) is 0. The SMILES string of the molecule is CC1(C)N=C(c2ccccc2)C(C)(C)c2ccccc2-c2ccccc21. The lowest BCUT2D eigenvalue weighted by atomic mass is 9.71. The van der Waals surface area contributed by atoms with Crippen molar-refractivity contribution in [3.8, 4) is 11.1 Å². The van der Waals surface area contributed by atoms with Gasteiger partial charge < -0.3 is 0 Å². The summed E-state index contributed by atoms with van der Waals surface area (Å²) in [5, 5.41) is 0. The Labute approximate surface area is 156 Å². The molecule has 0 bridgehead atoms. The van der Waals surface area contributed by atoms with Gasteiger partial charge in [0.25, 0.3) is 0 Å². The number of nitrogens with zero attached hydrogens (tertiary/aromatic N) is 1. The number of aliphatic imine (C=N–C) groups is 1. The molecule has 3 aromatic carbocycles. The van der Waals surface area contributed by atoms with Crippen LogP contribution in [-0.4, -0.2) is 5.71 Å². The van der Waals surface area contributed by atoms with E-state index in [-0.39, 0.29) is 11.0 Å². The Morgan fingerprint density at radius 2 is 1.08 bits per heavy atom. The lowest BCUT2D eigenvalue weighted by Crippen LogP contribution is -2.35. The molecule has 0 fully saturated rings. The van der Waals surface area contributed by atoms with Crippen molar-refractivity contribution in [2.45, 2.75) is 38.6 Å². The summed E-state index contributed by atoms with van der Waals surface area (Å²) in [5.41, 5.74) is 7.04. The molecule has 1 heterocycles. The summed E-state index contributed by atoms with van der Waals surface area (Å²) in [6, 6.07) is 28.1. The zero-order chi connectivity index (χ0) is 18.4. The monoisotopic (exact) mass is 339 g/mol. The molecule has 0 N–H and O–H groups in total. The van der Waals surface area contributed by atoms with Crippen LogP contribution in [0.15, 0.2) is 83.9 Å². The lowest BCUT2D eigenvalue weighted by Gasteiger charge is -2.37. The smallest absolute Gasteiger partial charge is 0.0810 e. The van der Waals surface area contributed by atoms with Crippen LogP contribution in [0.2, 0.25) is 0 Å². The summed E-state index contributed by atoms with van der Waals surface area (Å²) >= 11 is 0. The third kappa shape index (κ3) is 2.59. The third-order valence-electron chi connectivity index (χ3n) is 5.51. The van der Waals surface area contributed by atoms with Gasteiger partial charge in [-0.3, -0.25) is 4.99 Å². The fourth-order valence-corrected chi connectivity index (χ4v) is 4.14. The maximum Gasteiger partial charge on any atom is 0.0810 e. The molecule has 130 valence electrons. The van der Waals surface area contributed by atoms with Gasteiger partial charge in [0.05, 0.1) is 11.3 Å². The normalized spacial score (nSPS) is 17.3. The van der Waals surface area contributed by atoms with Crippen molar-refractivity contribution >= 4 is 5.71 Å². The number of hydrogen-bond acceptors (Lipinski definition) is 1. The Balaban J connectivity index is 2.11. The van der Waals surface area contributed by atoms with Gasteiger partial charge in [-0.2, -0.15) is 0 Å². The van der Waals surface area contributed by atoms with Crippen molar-refractivity contribution in [3.05, 3.63) is 95.6 Å². The second-order valence-corrected chi connectivity index (χ2v) is 8.10. The van der Waals surface area contributed by atoms with Gasteiger partial charge in [-0.15, -0.1) is 0 Å². The molecule has 0 aromatic heterocycles. The highest BCUT2D eigenvalue weighted by molar-refractivity contribution is 6.09. The minimum absolute atomic E-state index is 0.192. The van der Waals surface area contributed by atoms with Crippen molar-refractivity contribution in [1.29, 1.82) is 0 Å². The van der Waals surface area contributed by atoms with E-state index in [9.17, 15) is 0 Å². The fraction of sp³-hybridized carbons (Fsp3) is 0.240. The molecule has 26 heavy (non-hydrogen) atoms. The van der Waals surface area contributed by atoms with E-state index in [1.807, 2.05) is 0 Å². The maximum atomic E-state index is 5.35. The Hall–Kier alpha value is -2.67. The van der Waals surface area contributed by atoms with Crippen LogP contribution in [0.5, 0.6) is 0 Å². The number of fused-ring (bicyclic) bond motifs is 3. The van der Waals surface area contributed by atoms with Crippen molar-refractivity contribution < 1.29 is 0 Å². The molecule has 0 radical (unpaired) electrons. The molecular weight excluding hydrogens is 314 g/mol. The molecule has 0 saturated heterocycles. The first-order valence-electron chi connectivity index (χ1n) is 9.26. The molecule has 1 aliphatic rings. The molecule has 1 aliphatic heterocycles. The summed E-state index contributed by atoms with van der Waals surface area (Å²) in [7, 11) is 0. The summed E-state index contributed by atoms with van der Waals surface area (Å²) in [4.78, 5) is 5.35. The van der Waals surface area contributed by atoms with E-state index in [4.69, 9.17) is 4.99 Å². The van der Waals surface area contributed by atoms with Crippen LogP contribution in [0, 0.1) is 0 Å². The van der Waals surface area contributed by atoms with Crippen LogP contribution in [-0.2, 0) is 11.0 Å². The van der Waals surface area contributed by atoms with Crippen LogP contribution < -0.4 is 0 Å². The van der Waals surface area contributed by atoms with Crippen LogP contribution in [0.25, 0.3) is 11.1 Å². The molecular formula is C25H25N. The van der Waals surface area contributed by atoms with E-state index in [0.717, 1.165) is 5.71 Å². The van der Waals surface area contributed by atoms with E-state index in [1.165, 1.54) is 27.8 Å². The predicted molar refractivity (Wildman–Crippen MR) is 111 cm³/mol. The average Bonchev–Trinajstić information content (AvgIpc) is 2.66. The molecule has 0 spiro atoms. The van der Waals surface area contributed by atoms with Crippen molar-refractivity contribution in [2.75, 3.05) is 0 Å². The quantitative estimate of drug-likeness (QED) is 0.488. The van der Waals surface area contributed by atoms with Gasteiger partial charge in [-0.25, -0.2) is 0 Å². The van der Waals surface area contributed by atoms with Crippen LogP contribution in [0.4, 0.5) is 0 Å². The second-order valence-electron chi connectivity index (χ2n) is 8.10. The standard InChI is InChI=1S/C25H25N/c1-24(2)21-16-10-8-14-19(21)20-15-9-11-17-22(20)25(3,4)26-23(24)18-12-6-5-7-13-18/h5-17H,1-4H3. The highest BCUT2D eigenvalue weighted by atomic mass is 14.9. The molecule has 4 rings (SSSR count). The Morgan fingerprint density at radius 3 is 1.73 bits per heavy atom. The van der Waals surface area contributed by atoms with Gasteiger partial charge in [-0.1, -0.05) is 92.7 Å². The van der Waals surface area contributed by atoms with Gasteiger partial charge in [0, 0.05) is 5.41 Å². The first-order chi connectivity index (χ1) is 12.4. The number of rotatable bonds is 1. The van der Waals surface area contributed by atoms with E-state index in [0.29, 0.717) is 0 Å². The van der Waals surface area contributed by atoms with Gasteiger partial charge in [0.15, 0.2) is 0 Å². The molecule has 0 unspecified atom stereocenters. The van der Waals surface area contributed by atoms with Gasteiger partial charge in [0.2, 0.25) is 0 Å². The lowest BCUT2D eigenvalue weighted by molar-refractivity contribution is 0.545. The minimum atomic E-state index is -0.299. The first-order valence-corrected chi connectivity index (χ1v) is 9.26. The maximum absolute atomic E-state index is 5.35. The summed E-state index contributed by atoms with van der Waals surface area (Å²) in [6.45, 7) is 9.03. The Morgan fingerprint density at radius 1 is 0.577 bits per heavy atom. The van der Waals surface area contributed by atoms with E-state index >= 15 is 0 Å². The van der Waals surface area contributed by atoms with Gasteiger partial charge in [0.1, 0.15) is 0 Å². The topological polar surface area (TPSA) is 12.4 Å². The van der Waals surface area contributed by atoms with Crippen molar-refractivity contribution in [2.24, 2.45) is 4.99 Å². The van der Waals surface area contributed by atoms with Gasteiger partial charge in [-0.05, 0) is 41.7 Å². The largest absolute Gasteiger partial charge is 0.277 e. The molecule has 0 aliphatic carbocycles. The van der Waals surface area contributed by atoms with E-state index in [2.05, 4.69) is 107 Å². The average molecular weight is 339 g/mol. The fourth-order valence-electron chi connectivity index (χ4n) is 4.14. The summed E-state index contributed by atoms with van der Waals surface area (Å²) in [5.74, 6) is 0. The number of hydrogen-bond donors (Lipinski definition) is 0. The molecule has 1 heteroatoms. The van der Waals surface area contributed by atoms with Crippen LogP contribution in [0.1, 0.15) is 44.4 Å². The highest BCUT2D eigenvalue weighted by Gasteiger charge is 2.36. The predicted octanol–water partition coefficient (Wildman–Crippen LogP) is 6.37. The summed E-state index contributed by atoms with van der Waals surface area (Å²) < 4.78 is 0. The molecule has 0 amide bonds. The Bertz CT molecular complexity index is 978.